The van der Waals surface area contributed by atoms with Gasteiger partial charge in [0.15, 0.2) is 24.2 Å². The van der Waals surface area contributed by atoms with Gasteiger partial charge in [0, 0.05) is 11.1 Å². The molecule has 0 aliphatic carbocycles. The highest BCUT2D eigenvalue weighted by Crippen LogP contribution is 2.32. The van der Waals surface area contributed by atoms with Crippen LogP contribution < -0.4 is 0 Å². The molecule has 0 N–H and O–H groups in total. The summed E-state index contributed by atoms with van der Waals surface area (Å²) in [7, 11) is 0. The third-order valence-electron chi connectivity index (χ3n) is 2.69. The number of halogens is 1. The first kappa shape index (κ1) is 11.7. The highest BCUT2D eigenvalue weighted by molar-refractivity contribution is 6.33. The van der Waals surface area contributed by atoms with Crippen LogP contribution in [0, 0.1) is 0 Å². The molecule has 2 aromatic heterocycles. The number of rotatable bonds is 3. The second-order valence-electron chi connectivity index (χ2n) is 3.88. The molecule has 1 aromatic carbocycles. The van der Waals surface area contributed by atoms with Crippen molar-refractivity contribution in [2.75, 3.05) is 0 Å². The molecule has 5 heteroatoms. The van der Waals surface area contributed by atoms with Gasteiger partial charge in [0.2, 0.25) is 0 Å². The summed E-state index contributed by atoms with van der Waals surface area (Å²) in [6.07, 6.45) is 3.59. The minimum atomic E-state index is 0.283. The maximum Gasteiger partial charge on any atom is 0.185 e. The van der Waals surface area contributed by atoms with E-state index in [1.54, 1.807) is 24.4 Å². The predicted molar refractivity (Wildman–Crippen MR) is 70.0 cm³/mol. The van der Waals surface area contributed by atoms with Gasteiger partial charge in [-0.25, -0.2) is 4.98 Å². The van der Waals surface area contributed by atoms with Crippen LogP contribution in [-0.2, 0) is 0 Å². The van der Waals surface area contributed by atoms with Gasteiger partial charge in [-0.3, -0.25) is 4.79 Å². The Balaban J connectivity index is 2.09. The molecule has 0 bridgehead atoms. The van der Waals surface area contributed by atoms with Crippen molar-refractivity contribution < 1.29 is 13.6 Å². The summed E-state index contributed by atoms with van der Waals surface area (Å²) in [5.74, 6) is 1.46. The number of hydrogen-bond acceptors (Lipinski definition) is 4. The molecule has 4 nitrogen and oxygen atoms in total. The highest BCUT2D eigenvalue weighted by Gasteiger charge is 2.11. The minimum absolute atomic E-state index is 0.283. The first-order chi connectivity index (χ1) is 9.28. The Labute approximate surface area is 113 Å². The van der Waals surface area contributed by atoms with E-state index in [1.807, 2.05) is 12.1 Å². The van der Waals surface area contributed by atoms with Gasteiger partial charge in [-0.05, 0) is 30.3 Å². The predicted octanol–water partition coefficient (Wildman–Crippen LogP) is 4.07. The Bertz CT molecular complexity index is 716. The Hall–Kier alpha value is -2.33. The first-order valence-corrected chi connectivity index (χ1v) is 5.89. The molecular formula is C14H8ClNO3. The zero-order valence-corrected chi connectivity index (χ0v) is 10.4. The van der Waals surface area contributed by atoms with Crippen LogP contribution >= 0.6 is 11.6 Å². The Morgan fingerprint density at radius 2 is 2.05 bits per heavy atom. The molecule has 0 radical (unpaired) electrons. The van der Waals surface area contributed by atoms with Crippen molar-refractivity contribution in [2.45, 2.75) is 0 Å². The van der Waals surface area contributed by atoms with E-state index in [1.165, 1.54) is 6.39 Å². The van der Waals surface area contributed by atoms with Crippen molar-refractivity contribution in [2.24, 2.45) is 0 Å². The topological polar surface area (TPSA) is 56.2 Å². The van der Waals surface area contributed by atoms with E-state index in [0.29, 0.717) is 22.8 Å². The molecular weight excluding hydrogens is 266 g/mol. The summed E-state index contributed by atoms with van der Waals surface area (Å²) < 4.78 is 10.6. The monoisotopic (exact) mass is 273 g/mol. The number of carbonyl (C=O) groups is 1. The zero-order valence-electron chi connectivity index (χ0n) is 9.67. The van der Waals surface area contributed by atoms with Gasteiger partial charge in [0.05, 0.1) is 11.2 Å². The summed E-state index contributed by atoms with van der Waals surface area (Å²) in [6.45, 7) is 0. The molecule has 0 saturated heterocycles. The lowest BCUT2D eigenvalue weighted by Crippen LogP contribution is -1.80. The van der Waals surface area contributed by atoms with Gasteiger partial charge in [0.1, 0.15) is 5.76 Å². The van der Waals surface area contributed by atoms with Crippen LogP contribution in [0.1, 0.15) is 10.6 Å². The highest BCUT2D eigenvalue weighted by atomic mass is 35.5. The summed E-state index contributed by atoms with van der Waals surface area (Å²) in [4.78, 5) is 14.5. The van der Waals surface area contributed by atoms with E-state index >= 15 is 0 Å². The quantitative estimate of drug-likeness (QED) is 0.675. The number of aldehydes is 1. The molecule has 0 aliphatic heterocycles. The van der Waals surface area contributed by atoms with E-state index in [-0.39, 0.29) is 5.76 Å². The Kier molecular flexibility index (Phi) is 2.93. The van der Waals surface area contributed by atoms with Crippen molar-refractivity contribution in [1.82, 2.24) is 4.98 Å². The average Bonchev–Trinajstić information content (AvgIpc) is 3.10. The molecule has 0 aliphatic rings. The van der Waals surface area contributed by atoms with Gasteiger partial charge in [-0.1, -0.05) is 11.6 Å². The van der Waals surface area contributed by atoms with Crippen LogP contribution in [-0.4, -0.2) is 11.3 Å². The maximum atomic E-state index is 10.6. The molecule has 19 heavy (non-hydrogen) atoms. The molecule has 3 rings (SSSR count). The summed E-state index contributed by atoms with van der Waals surface area (Å²) in [6, 6.07) is 8.74. The van der Waals surface area contributed by atoms with Gasteiger partial charge in [-0.2, -0.15) is 0 Å². The van der Waals surface area contributed by atoms with Gasteiger partial charge >= 0.3 is 0 Å². The van der Waals surface area contributed by atoms with Crippen LogP contribution in [0.4, 0.5) is 0 Å². The van der Waals surface area contributed by atoms with Crippen LogP contribution in [0.3, 0.4) is 0 Å². The molecule has 94 valence electrons. The molecule has 0 amide bonds. The molecule has 0 atom stereocenters. The van der Waals surface area contributed by atoms with E-state index in [2.05, 4.69) is 4.98 Å². The van der Waals surface area contributed by atoms with Crippen LogP contribution in [0.25, 0.3) is 22.6 Å². The number of aromatic nitrogens is 1. The first-order valence-electron chi connectivity index (χ1n) is 5.52. The van der Waals surface area contributed by atoms with Crippen LogP contribution in [0.5, 0.6) is 0 Å². The fourth-order valence-electron chi connectivity index (χ4n) is 1.79. The average molecular weight is 274 g/mol. The number of oxazole rings is 1. The Morgan fingerprint density at radius 3 is 2.74 bits per heavy atom. The van der Waals surface area contributed by atoms with Crippen LogP contribution in [0.2, 0.25) is 5.02 Å². The van der Waals surface area contributed by atoms with Crippen molar-refractivity contribution in [3.63, 3.8) is 0 Å². The number of benzene rings is 1. The number of carbonyl (C=O) groups excluding carboxylic acids is 1. The van der Waals surface area contributed by atoms with Crippen molar-refractivity contribution >= 4 is 17.9 Å². The van der Waals surface area contributed by atoms with E-state index in [0.717, 1.165) is 11.1 Å². The van der Waals surface area contributed by atoms with Crippen molar-refractivity contribution in [3.05, 3.63) is 53.7 Å². The molecule has 3 aromatic rings. The minimum Gasteiger partial charge on any atom is -0.453 e. The zero-order chi connectivity index (χ0) is 13.2. The molecule has 2 heterocycles. The largest absolute Gasteiger partial charge is 0.453 e. The summed E-state index contributed by atoms with van der Waals surface area (Å²) in [5.41, 5.74) is 1.53. The molecule has 0 saturated carbocycles. The molecule has 0 spiro atoms. The fraction of sp³-hybridized carbons (Fsp3) is 0. The maximum absolute atomic E-state index is 10.6. The smallest absolute Gasteiger partial charge is 0.185 e. The number of hydrogen-bond donors (Lipinski definition) is 0. The standard InChI is InChI=1S/C14H8ClNO3/c15-12-3-1-9(13-4-2-10(7-17)19-13)5-11(12)14-6-16-8-18-14/h1-8H. The van der Waals surface area contributed by atoms with E-state index in [9.17, 15) is 4.79 Å². The number of furan rings is 1. The SMILES string of the molecule is O=Cc1ccc(-c2ccc(Cl)c(-c3cnco3)c2)o1. The summed E-state index contributed by atoms with van der Waals surface area (Å²) in [5, 5.41) is 0.558. The molecule has 0 fully saturated rings. The lowest BCUT2D eigenvalue weighted by molar-refractivity contribution is 0.110. The third kappa shape index (κ3) is 2.18. The third-order valence-corrected chi connectivity index (χ3v) is 3.02. The number of nitrogens with zero attached hydrogens (tertiary/aromatic N) is 1. The fourth-order valence-corrected chi connectivity index (χ4v) is 2.00. The van der Waals surface area contributed by atoms with Gasteiger partial charge in [0.25, 0.3) is 0 Å². The second kappa shape index (κ2) is 4.74. The van der Waals surface area contributed by atoms with E-state index < -0.39 is 0 Å². The molecule has 0 unspecified atom stereocenters. The Morgan fingerprint density at radius 1 is 1.16 bits per heavy atom. The van der Waals surface area contributed by atoms with Crippen molar-refractivity contribution in [1.29, 1.82) is 0 Å². The van der Waals surface area contributed by atoms with Crippen LogP contribution in [0.15, 0.2) is 51.8 Å². The normalized spacial score (nSPS) is 10.6. The van der Waals surface area contributed by atoms with Gasteiger partial charge in [-0.15, -0.1) is 0 Å². The van der Waals surface area contributed by atoms with Gasteiger partial charge < -0.3 is 8.83 Å². The van der Waals surface area contributed by atoms with Crippen molar-refractivity contribution in [3.8, 4) is 22.6 Å². The summed E-state index contributed by atoms with van der Waals surface area (Å²) >= 11 is 6.13. The lowest BCUT2D eigenvalue weighted by Gasteiger charge is -2.03. The second-order valence-corrected chi connectivity index (χ2v) is 4.29. The van der Waals surface area contributed by atoms with E-state index in [4.69, 9.17) is 20.4 Å². The lowest BCUT2D eigenvalue weighted by atomic mass is 10.1.